The van der Waals surface area contributed by atoms with Gasteiger partial charge in [-0.3, -0.25) is 10.1 Å². The summed E-state index contributed by atoms with van der Waals surface area (Å²) in [4.78, 5) is 21.2. The van der Waals surface area contributed by atoms with Crippen molar-refractivity contribution in [3.05, 3.63) is 66.2 Å². The largest absolute Gasteiger partial charge is 0.441 e. The van der Waals surface area contributed by atoms with Gasteiger partial charge in [0, 0.05) is 38.7 Å². The minimum atomic E-state index is -0.737. The van der Waals surface area contributed by atoms with Crippen molar-refractivity contribution in [1.29, 1.82) is 0 Å². The van der Waals surface area contributed by atoms with E-state index in [0.717, 1.165) is 29.6 Å². The molecule has 0 saturated heterocycles. The van der Waals surface area contributed by atoms with E-state index >= 15 is 0 Å². The van der Waals surface area contributed by atoms with Crippen molar-refractivity contribution in [3.63, 3.8) is 0 Å². The summed E-state index contributed by atoms with van der Waals surface area (Å²) in [6.07, 6.45) is 2.48. The number of para-hydroxylation sites is 2. The Balaban J connectivity index is 1.40. The Morgan fingerprint density at radius 1 is 1.21 bits per heavy atom. The first-order valence-corrected chi connectivity index (χ1v) is 10.8. The fourth-order valence-corrected chi connectivity index (χ4v) is 3.51. The normalized spacial score (nSPS) is 11.2. The fourth-order valence-electron chi connectivity index (χ4n) is 3.51. The van der Waals surface area contributed by atoms with E-state index in [1.807, 2.05) is 35.8 Å². The first-order chi connectivity index (χ1) is 16.0. The summed E-state index contributed by atoms with van der Waals surface area (Å²) in [7, 11) is 0. The van der Waals surface area contributed by atoms with E-state index in [4.69, 9.17) is 9.15 Å². The van der Waals surface area contributed by atoms with Crippen LogP contribution in [0.1, 0.15) is 25.7 Å². The van der Waals surface area contributed by atoms with Crippen LogP contribution in [0.4, 0.5) is 14.7 Å². The molecule has 2 aromatic carbocycles. The number of amides is 1. The second kappa shape index (κ2) is 10.4. The van der Waals surface area contributed by atoms with Gasteiger partial charge in [0.05, 0.1) is 22.8 Å². The number of anilines is 1. The van der Waals surface area contributed by atoms with Gasteiger partial charge in [0.2, 0.25) is 11.9 Å². The van der Waals surface area contributed by atoms with E-state index in [1.54, 1.807) is 0 Å². The van der Waals surface area contributed by atoms with Crippen LogP contribution in [0, 0.1) is 11.6 Å². The molecule has 2 heterocycles. The number of nitrogens with zero attached hydrogens (tertiary/aromatic N) is 3. The molecule has 33 heavy (non-hydrogen) atoms. The summed E-state index contributed by atoms with van der Waals surface area (Å²) in [5, 5.41) is 2.87. The van der Waals surface area contributed by atoms with Crippen molar-refractivity contribution in [2.75, 3.05) is 18.5 Å². The molecule has 0 saturated carbocycles. The van der Waals surface area contributed by atoms with Gasteiger partial charge in [0.15, 0.2) is 11.7 Å². The van der Waals surface area contributed by atoms with Crippen LogP contribution in [0.5, 0.6) is 0 Å². The highest BCUT2D eigenvalue weighted by atomic mass is 19.1. The molecule has 0 bridgehead atoms. The minimum absolute atomic E-state index is 0.105. The molecule has 0 fully saturated rings. The van der Waals surface area contributed by atoms with Crippen molar-refractivity contribution in [2.24, 2.45) is 0 Å². The third-order valence-corrected chi connectivity index (χ3v) is 5.10. The van der Waals surface area contributed by atoms with Crippen LogP contribution in [-0.2, 0) is 22.5 Å². The Morgan fingerprint density at radius 2 is 2.06 bits per heavy atom. The van der Waals surface area contributed by atoms with E-state index in [-0.39, 0.29) is 36.0 Å². The molecular formula is C24H24F2N4O3. The van der Waals surface area contributed by atoms with E-state index in [1.165, 1.54) is 12.3 Å². The molecule has 4 rings (SSSR count). The smallest absolute Gasteiger partial charge is 0.227 e. The van der Waals surface area contributed by atoms with Gasteiger partial charge in [-0.25, -0.2) is 18.7 Å². The monoisotopic (exact) mass is 454 g/mol. The number of hydrogen-bond donors (Lipinski definition) is 1. The Hall–Kier alpha value is -3.59. The molecule has 2 aromatic heterocycles. The van der Waals surface area contributed by atoms with Crippen molar-refractivity contribution >= 4 is 22.9 Å². The molecule has 0 aliphatic carbocycles. The van der Waals surface area contributed by atoms with Crippen LogP contribution in [-0.4, -0.2) is 33.7 Å². The Labute approximate surface area is 189 Å². The van der Waals surface area contributed by atoms with Crippen LogP contribution >= 0.6 is 0 Å². The molecule has 1 amide bonds. The lowest BCUT2D eigenvalue weighted by Gasteiger charge is -2.10. The van der Waals surface area contributed by atoms with Gasteiger partial charge in [-0.2, -0.15) is 0 Å². The third kappa shape index (κ3) is 5.43. The first kappa shape index (κ1) is 22.6. The zero-order valence-corrected chi connectivity index (χ0v) is 18.2. The van der Waals surface area contributed by atoms with Crippen LogP contribution in [0.25, 0.3) is 22.4 Å². The molecular weight excluding hydrogens is 430 g/mol. The number of carbonyl (C=O) groups is 1. The molecule has 4 aromatic rings. The van der Waals surface area contributed by atoms with Gasteiger partial charge >= 0.3 is 0 Å². The number of oxazole rings is 1. The number of imidazole rings is 1. The standard InChI is InChI=1S/C24H24F2N4O3/c1-2-32-13-5-12-30-20-7-4-3-6-19(20)28-24(30)29-22(31)10-11-23-27-15-21(33-23)17-9-8-16(25)14-18(17)26/h3-4,6-9,14-15H,2,5,10-13H2,1H3,(H,28,29,31). The van der Waals surface area contributed by atoms with Crippen molar-refractivity contribution < 1.29 is 22.7 Å². The topological polar surface area (TPSA) is 82.2 Å². The zero-order chi connectivity index (χ0) is 23.2. The lowest BCUT2D eigenvalue weighted by molar-refractivity contribution is -0.116. The molecule has 0 unspecified atom stereocenters. The lowest BCUT2D eigenvalue weighted by Crippen LogP contribution is -2.17. The Bertz CT molecular complexity index is 1250. The fraction of sp³-hybridized carbons (Fsp3) is 0.292. The van der Waals surface area contributed by atoms with Crippen LogP contribution in [0.15, 0.2) is 53.1 Å². The second-order valence-corrected chi connectivity index (χ2v) is 7.42. The Kier molecular flexibility index (Phi) is 7.09. The van der Waals surface area contributed by atoms with E-state index in [2.05, 4.69) is 15.3 Å². The van der Waals surface area contributed by atoms with E-state index < -0.39 is 11.6 Å². The first-order valence-electron chi connectivity index (χ1n) is 10.8. The maximum absolute atomic E-state index is 13.9. The van der Waals surface area contributed by atoms with Crippen molar-refractivity contribution in [1.82, 2.24) is 14.5 Å². The summed E-state index contributed by atoms with van der Waals surface area (Å²) in [5.74, 6) is -0.716. The molecule has 9 heteroatoms. The number of ether oxygens (including phenoxy) is 1. The number of aromatic nitrogens is 3. The number of nitrogens with one attached hydrogen (secondary N) is 1. The summed E-state index contributed by atoms with van der Waals surface area (Å²) in [6, 6.07) is 10.9. The quantitative estimate of drug-likeness (QED) is 0.342. The number of benzene rings is 2. The summed E-state index contributed by atoms with van der Waals surface area (Å²) in [5.41, 5.74) is 1.84. The van der Waals surface area contributed by atoms with Crippen molar-refractivity contribution in [2.45, 2.75) is 32.7 Å². The summed E-state index contributed by atoms with van der Waals surface area (Å²) < 4.78 is 40.0. The predicted octanol–water partition coefficient (Wildman–Crippen LogP) is 4.97. The van der Waals surface area contributed by atoms with Gasteiger partial charge in [-0.05, 0) is 37.6 Å². The van der Waals surface area contributed by atoms with Gasteiger partial charge in [0.25, 0.3) is 0 Å². The number of hydrogen-bond acceptors (Lipinski definition) is 5. The van der Waals surface area contributed by atoms with Crippen LogP contribution in [0.2, 0.25) is 0 Å². The number of fused-ring (bicyclic) bond motifs is 1. The molecule has 0 aliphatic rings. The SMILES string of the molecule is CCOCCCn1c(NC(=O)CCc2ncc(-c3ccc(F)cc3F)o2)nc2ccccc21. The summed E-state index contributed by atoms with van der Waals surface area (Å²) in [6.45, 7) is 3.88. The minimum Gasteiger partial charge on any atom is -0.441 e. The second-order valence-electron chi connectivity index (χ2n) is 7.42. The average molecular weight is 454 g/mol. The van der Waals surface area contributed by atoms with Gasteiger partial charge in [0.1, 0.15) is 11.6 Å². The highest BCUT2D eigenvalue weighted by molar-refractivity contribution is 5.91. The van der Waals surface area contributed by atoms with Crippen molar-refractivity contribution in [3.8, 4) is 11.3 Å². The highest BCUT2D eigenvalue weighted by Gasteiger charge is 2.15. The summed E-state index contributed by atoms with van der Waals surface area (Å²) >= 11 is 0. The van der Waals surface area contributed by atoms with Gasteiger partial charge in [-0.1, -0.05) is 12.1 Å². The molecule has 0 spiro atoms. The zero-order valence-electron chi connectivity index (χ0n) is 18.2. The van der Waals surface area contributed by atoms with Crippen LogP contribution in [0.3, 0.4) is 0 Å². The predicted molar refractivity (Wildman–Crippen MR) is 120 cm³/mol. The molecule has 7 nitrogen and oxygen atoms in total. The number of rotatable bonds is 10. The molecule has 0 atom stereocenters. The molecule has 0 radical (unpaired) electrons. The third-order valence-electron chi connectivity index (χ3n) is 5.10. The lowest BCUT2D eigenvalue weighted by atomic mass is 10.2. The van der Waals surface area contributed by atoms with E-state index in [0.29, 0.717) is 25.7 Å². The van der Waals surface area contributed by atoms with Gasteiger partial charge < -0.3 is 13.7 Å². The maximum Gasteiger partial charge on any atom is 0.227 e. The highest BCUT2D eigenvalue weighted by Crippen LogP contribution is 2.25. The average Bonchev–Trinajstić information content (AvgIpc) is 3.40. The maximum atomic E-state index is 13.9. The van der Waals surface area contributed by atoms with Gasteiger partial charge in [-0.15, -0.1) is 0 Å². The number of carbonyl (C=O) groups excluding carboxylic acids is 1. The number of aryl methyl sites for hydroxylation is 2. The molecule has 172 valence electrons. The molecule has 0 aliphatic heterocycles. The molecule has 1 N–H and O–H groups in total. The number of halogens is 2. The van der Waals surface area contributed by atoms with E-state index in [9.17, 15) is 13.6 Å². The van der Waals surface area contributed by atoms with Crippen LogP contribution < -0.4 is 5.32 Å². The Morgan fingerprint density at radius 3 is 2.88 bits per heavy atom.